The highest BCUT2D eigenvalue weighted by Crippen LogP contribution is 2.36. The van der Waals surface area contributed by atoms with E-state index in [0.29, 0.717) is 16.2 Å². The number of aromatic nitrogens is 2. The Bertz CT molecular complexity index is 841. The third-order valence-electron chi connectivity index (χ3n) is 3.50. The first kappa shape index (κ1) is 16.4. The minimum absolute atomic E-state index is 0.0935. The Morgan fingerprint density at radius 2 is 1.83 bits per heavy atom. The fraction of sp³-hybridized carbons (Fsp3) is 0.176. The molecule has 2 aromatic carbocycles. The van der Waals surface area contributed by atoms with E-state index >= 15 is 0 Å². The lowest BCUT2D eigenvalue weighted by molar-refractivity contribution is -0.128. The molecule has 1 aromatic heterocycles. The summed E-state index contributed by atoms with van der Waals surface area (Å²) in [6.07, 6.45) is 0. The molecule has 124 valence electrons. The molecule has 0 fully saturated rings. The number of nitrogens with zero attached hydrogens (tertiary/aromatic N) is 2. The van der Waals surface area contributed by atoms with Gasteiger partial charge in [0, 0.05) is 26.2 Å². The number of nitrogens with one attached hydrogen (secondary N) is 1. The van der Waals surface area contributed by atoms with E-state index in [1.165, 1.54) is 16.7 Å². The number of H-pyrrole nitrogens is 1. The van der Waals surface area contributed by atoms with Gasteiger partial charge >= 0.3 is 0 Å². The minimum atomic E-state index is -0.950. The second-order valence-electron chi connectivity index (χ2n) is 5.47. The van der Waals surface area contributed by atoms with E-state index in [9.17, 15) is 13.6 Å². The van der Waals surface area contributed by atoms with Crippen molar-refractivity contribution in [3.05, 3.63) is 59.7 Å². The fourth-order valence-electron chi connectivity index (χ4n) is 2.27. The monoisotopic (exact) mass is 347 g/mol. The van der Waals surface area contributed by atoms with Crippen molar-refractivity contribution in [2.24, 2.45) is 0 Å². The molecule has 1 atom stereocenters. The zero-order valence-corrected chi connectivity index (χ0v) is 13.9. The zero-order valence-electron chi connectivity index (χ0n) is 13.1. The molecule has 7 heteroatoms. The Morgan fingerprint density at radius 1 is 1.17 bits per heavy atom. The fourth-order valence-corrected chi connectivity index (χ4v) is 3.42. The number of carbonyl (C=O) groups is 1. The lowest BCUT2D eigenvalue weighted by atomic mass is 10.1. The molecule has 24 heavy (non-hydrogen) atoms. The van der Waals surface area contributed by atoms with Gasteiger partial charge in [-0.1, -0.05) is 42.1 Å². The molecule has 4 nitrogen and oxygen atoms in total. The molecule has 3 aromatic rings. The number of fused-ring (bicyclic) bond motifs is 1. The largest absolute Gasteiger partial charge is 0.348 e. The Labute approximate surface area is 141 Å². The Kier molecular flexibility index (Phi) is 4.53. The van der Waals surface area contributed by atoms with Gasteiger partial charge in [0.1, 0.15) is 5.25 Å². The third kappa shape index (κ3) is 3.26. The van der Waals surface area contributed by atoms with Crippen LogP contribution in [-0.4, -0.2) is 34.9 Å². The molecule has 0 aliphatic rings. The molecular weight excluding hydrogens is 332 g/mol. The van der Waals surface area contributed by atoms with Crippen LogP contribution in [0.5, 0.6) is 0 Å². The summed E-state index contributed by atoms with van der Waals surface area (Å²) in [6.45, 7) is 0. The van der Waals surface area contributed by atoms with Gasteiger partial charge in [-0.25, -0.2) is 13.8 Å². The molecule has 0 radical (unpaired) electrons. The second-order valence-corrected chi connectivity index (χ2v) is 6.56. The molecule has 0 spiro atoms. The SMILES string of the molecule is CN(C)C(=O)C(Sc1nc2cc(F)c(F)cc2[nH]1)c1ccccc1. The van der Waals surface area contributed by atoms with Gasteiger partial charge in [-0.3, -0.25) is 4.79 Å². The van der Waals surface area contributed by atoms with Crippen LogP contribution in [0.25, 0.3) is 11.0 Å². The van der Waals surface area contributed by atoms with Crippen molar-refractivity contribution in [1.82, 2.24) is 14.9 Å². The summed E-state index contributed by atoms with van der Waals surface area (Å²) in [6, 6.07) is 11.4. The van der Waals surface area contributed by atoms with Gasteiger partial charge in [0.2, 0.25) is 5.91 Å². The molecule has 1 amide bonds. The summed E-state index contributed by atoms with van der Waals surface area (Å²) in [5.41, 5.74) is 1.54. The van der Waals surface area contributed by atoms with Crippen molar-refractivity contribution < 1.29 is 13.6 Å². The van der Waals surface area contributed by atoms with Gasteiger partial charge in [-0.2, -0.15) is 0 Å². The lowest BCUT2D eigenvalue weighted by Gasteiger charge is -2.19. The molecule has 1 heterocycles. The van der Waals surface area contributed by atoms with Crippen LogP contribution >= 0.6 is 11.8 Å². The van der Waals surface area contributed by atoms with Crippen molar-refractivity contribution in [2.45, 2.75) is 10.4 Å². The maximum Gasteiger partial charge on any atom is 0.240 e. The maximum atomic E-state index is 13.3. The average molecular weight is 347 g/mol. The van der Waals surface area contributed by atoms with Gasteiger partial charge in [0.15, 0.2) is 16.8 Å². The van der Waals surface area contributed by atoms with E-state index in [1.807, 2.05) is 30.3 Å². The third-order valence-corrected chi connectivity index (χ3v) is 4.63. The van der Waals surface area contributed by atoms with E-state index in [4.69, 9.17) is 0 Å². The van der Waals surface area contributed by atoms with Crippen LogP contribution in [0.1, 0.15) is 10.8 Å². The van der Waals surface area contributed by atoms with E-state index in [2.05, 4.69) is 9.97 Å². The first-order chi connectivity index (χ1) is 11.5. The predicted molar refractivity (Wildman–Crippen MR) is 89.7 cm³/mol. The number of hydrogen-bond donors (Lipinski definition) is 1. The Morgan fingerprint density at radius 3 is 2.50 bits per heavy atom. The van der Waals surface area contributed by atoms with E-state index < -0.39 is 16.9 Å². The molecule has 0 bridgehead atoms. The normalized spacial score (nSPS) is 12.3. The van der Waals surface area contributed by atoms with Gasteiger partial charge in [0.05, 0.1) is 11.0 Å². The number of amides is 1. The van der Waals surface area contributed by atoms with Crippen molar-refractivity contribution in [2.75, 3.05) is 14.1 Å². The number of hydrogen-bond acceptors (Lipinski definition) is 3. The van der Waals surface area contributed by atoms with E-state index in [1.54, 1.807) is 14.1 Å². The summed E-state index contributed by atoms with van der Waals surface area (Å²) in [7, 11) is 3.37. The second kappa shape index (κ2) is 6.60. The minimum Gasteiger partial charge on any atom is -0.348 e. The van der Waals surface area contributed by atoms with Crippen molar-refractivity contribution in [3.8, 4) is 0 Å². The smallest absolute Gasteiger partial charge is 0.240 e. The summed E-state index contributed by atoms with van der Waals surface area (Å²) < 4.78 is 26.7. The van der Waals surface area contributed by atoms with Crippen LogP contribution in [-0.2, 0) is 4.79 Å². The van der Waals surface area contributed by atoms with Crippen molar-refractivity contribution in [3.63, 3.8) is 0 Å². The number of imidazole rings is 1. The molecule has 0 aliphatic carbocycles. The highest BCUT2D eigenvalue weighted by molar-refractivity contribution is 8.00. The molecule has 0 aliphatic heterocycles. The van der Waals surface area contributed by atoms with Crippen LogP contribution < -0.4 is 0 Å². The van der Waals surface area contributed by atoms with E-state index in [0.717, 1.165) is 17.7 Å². The predicted octanol–water partition coefficient (Wildman–Crippen LogP) is 3.76. The molecule has 0 saturated carbocycles. The summed E-state index contributed by atoms with van der Waals surface area (Å²) in [5, 5.41) is -0.0736. The van der Waals surface area contributed by atoms with Crippen LogP contribution in [0.2, 0.25) is 0 Å². The van der Waals surface area contributed by atoms with Crippen molar-refractivity contribution >= 4 is 28.7 Å². The van der Waals surface area contributed by atoms with Crippen LogP contribution in [0.15, 0.2) is 47.6 Å². The maximum absolute atomic E-state index is 13.3. The Balaban J connectivity index is 1.97. The number of aromatic amines is 1. The summed E-state index contributed by atoms with van der Waals surface area (Å²) in [5.74, 6) is -1.98. The van der Waals surface area contributed by atoms with Crippen molar-refractivity contribution in [1.29, 1.82) is 0 Å². The first-order valence-corrected chi connectivity index (χ1v) is 8.11. The number of benzene rings is 2. The topological polar surface area (TPSA) is 49.0 Å². The number of halogens is 2. The van der Waals surface area contributed by atoms with Crippen LogP contribution in [0.4, 0.5) is 8.78 Å². The number of thioether (sulfide) groups is 1. The lowest BCUT2D eigenvalue weighted by Crippen LogP contribution is -2.26. The molecular formula is C17H15F2N3OS. The molecule has 1 unspecified atom stereocenters. The van der Waals surface area contributed by atoms with Crippen LogP contribution in [0, 0.1) is 11.6 Å². The quantitative estimate of drug-likeness (QED) is 0.731. The zero-order chi connectivity index (χ0) is 17.3. The van der Waals surface area contributed by atoms with Gasteiger partial charge < -0.3 is 9.88 Å². The van der Waals surface area contributed by atoms with E-state index in [-0.39, 0.29) is 5.91 Å². The number of carbonyl (C=O) groups excluding carboxylic acids is 1. The summed E-state index contributed by atoms with van der Waals surface area (Å²) in [4.78, 5) is 21.2. The standard InChI is InChI=1S/C17H15F2N3OS/c1-22(2)16(23)15(10-6-4-3-5-7-10)24-17-20-13-8-11(18)12(19)9-14(13)21-17/h3-9,15H,1-2H3,(H,20,21). The highest BCUT2D eigenvalue weighted by Gasteiger charge is 2.25. The Hall–Kier alpha value is -2.41. The number of likely N-dealkylation sites (N-methyl/N-ethyl adjacent to an activating group) is 1. The van der Waals surface area contributed by atoms with Crippen LogP contribution in [0.3, 0.4) is 0 Å². The molecule has 1 N–H and O–H groups in total. The average Bonchev–Trinajstić information content (AvgIpc) is 2.94. The molecule has 0 saturated heterocycles. The number of rotatable bonds is 4. The van der Waals surface area contributed by atoms with Gasteiger partial charge in [-0.05, 0) is 5.56 Å². The first-order valence-electron chi connectivity index (χ1n) is 7.23. The van der Waals surface area contributed by atoms with Gasteiger partial charge in [0.25, 0.3) is 0 Å². The summed E-state index contributed by atoms with van der Waals surface area (Å²) >= 11 is 1.21. The van der Waals surface area contributed by atoms with Gasteiger partial charge in [-0.15, -0.1) is 0 Å². The molecule has 3 rings (SSSR count). The highest BCUT2D eigenvalue weighted by atomic mass is 32.2.